The van der Waals surface area contributed by atoms with Gasteiger partial charge in [-0.05, 0) is 18.9 Å². The fraction of sp³-hybridized carbons (Fsp3) is 0.417. The van der Waals surface area contributed by atoms with Crippen LogP contribution in [0.15, 0.2) is 18.2 Å². The van der Waals surface area contributed by atoms with Gasteiger partial charge in [-0.2, -0.15) is 0 Å². The average Bonchev–Trinajstić information content (AvgIpc) is 2.88. The molecule has 1 atom stereocenters. The number of carboxylic acid groups (broad SMARTS) is 1. The summed E-state index contributed by atoms with van der Waals surface area (Å²) in [6.45, 7) is 0.240. The van der Waals surface area contributed by atoms with Crippen molar-refractivity contribution in [3.05, 3.63) is 44.0 Å². The van der Waals surface area contributed by atoms with Gasteiger partial charge in [0, 0.05) is 18.2 Å². The van der Waals surface area contributed by atoms with Crippen LogP contribution in [0.4, 0.5) is 11.4 Å². The van der Waals surface area contributed by atoms with E-state index in [4.69, 9.17) is 4.74 Å². The molecular formula is C12H12N2O7. The first kappa shape index (κ1) is 14.9. The number of hydrogen-bond donors (Lipinski definition) is 1. The van der Waals surface area contributed by atoms with E-state index in [9.17, 15) is 30.1 Å². The highest BCUT2D eigenvalue weighted by molar-refractivity contribution is 5.76. The number of rotatable bonds is 5. The standard InChI is InChI=1S/C12H12N2O7/c15-11(16)12(3-4-21-7-12)6-8-1-2-9(13(17)18)5-10(8)14(19)20/h1-2,5H,3-4,6-7H2,(H,15,16). The lowest BCUT2D eigenvalue weighted by atomic mass is 9.80. The van der Waals surface area contributed by atoms with Crippen LogP contribution in [0.3, 0.4) is 0 Å². The molecule has 9 heteroatoms. The predicted molar refractivity (Wildman–Crippen MR) is 69.0 cm³/mol. The first-order chi connectivity index (χ1) is 9.85. The average molecular weight is 296 g/mol. The Morgan fingerprint density at radius 3 is 2.52 bits per heavy atom. The molecule has 1 unspecified atom stereocenters. The predicted octanol–water partition coefficient (Wildman–Crippen LogP) is 1.54. The minimum Gasteiger partial charge on any atom is -0.481 e. The first-order valence-corrected chi connectivity index (χ1v) is 6.08. The molecule has 0 amide bonds. The van der Waals surface area contributed by atoms with Gasteiger partial charge in [-0.15, -0.1) is 0 Å². The van der Waals surface area contributed by atoms with Crippen molar-refractivity contribution in [1.29, 1.82) is 0 Å². The molecule has 0 radical (unpaired) electrons. The molecule has 1 aliphatic rings. The topological polar surface area (TPSA) is 133 Å². The van der Waals surface area contributed by atoms with Crippen LogP contribution in [-0.4, -0.2) is 34.1 Å². The van der Waals surface area contributed by atoms with Gasteiger partial charge in [-0.25, -0.2) is 0 Å². The molecule has 0 spiro atoms. The second-order valence-corrected chi connectivity index (χ2v) is 4.89. The van der Waals surface area contributed by atoms with E-state index in [0.29, 0.717) is 0 Å². The minimum atomic E-state index is -1.22. The SMILES string of the molecule is O=C(O)C1(Cc2ccc([N+](=O)[O-])cc2[N+](=O)[O-])CCOC1. The van der Waals surface area contributed by atoms with Crippen molar-refractivity contribution in [3.63, 3.8) is 0 Å². The van der Waals surface area contributed by atoms with E-state index >= 15 is 0 Å². The maximum absolute atomic E-state index is 11.4. The van der Waals surface area contributed by atoms with Crippen LogP contribution in [-0.2, 0) is 16.0 Å². The molecule has 9 nitrogen and oxygen atoms in total. The van der Waals surface area contributed by atoms with Crippen LogP contribution in [0.5, 0.6) is 0 Å². The number of benzene rings is 1. The van der Waals surface area contributed by atoms with Crippen molar-refractivity contribution >= 4 is 17.3 Å². The van der Waals surface area contributed by atoms with Gasteiger partial charge in [0.1, 0.15) is 0 Å². The number of carboxylic acids is 1. The van der Waals surface area contributed by atoms with Crippen molar-refractivity contribution in [3.8, 4) is 0 Å². The Kier molecular flexibility index (Phi) is 3.85. The number of ether oxygens (including phenoxy) is 1. The Morgan fingerprint density at radius 1 is 1.33 bits per heavy atom. The zero-order valence-corrected chi connectivity index (χ0v) is 10.9. The highest BCUT2D eigenvalue weighted by atomic mass is 16.6. The summed E-state index contributed by atoms with van der Waals surface area (Å²) in [7, 11) is 0. The molecule has 21 heavy (non-hydrogen) atoms. The molecule has 0 bridgehead atoms. The highest BCUT2D eigenvalue weighted by Crippen LogP contribution is 2.36. The fourth-order valence-corrected chi connectivity index (χ4v) is 2.34. The number of nitrogens with zero attached hydrogens (tertiary/aromatic N) is 2. The number of carbonyl (C=O) groups is 1. The molecule has 1 saturated heterocycles. The number of nitro groups is 2. The van der Waals surface area contributed by atoms with Gasteiger partial charge in [0.15, 0.2) is 0 Å². The zero-order valence-electron chi connectivity index (χ0n) is 10.9. The largest absolute Gasteiger partial charge is 0.481 e. The van der Waals surface area contributed by atoms with Gasteiger partial charge in [0.05, 0.1) is 27.9 Å². The summed E-state index contributed by atoms with van der Waals surface area (Å²) in [5.41, 5.74) is -1.92. The minimum absolute atomic E-state index is 0.0313. The zero-order chi connectivity index (χ0) is 15.6. The van der Waals surface area contributed by atoms with E-state index in [-0.39, 0.29) is 31.6 Å². The number of nitro benzene ring substituents is 2. The van der Waals surface area contributed by atoms with Crippen molar-refractivity contribution in [2.75, 3.05) is 13.2 Å². The number of hydrogen-bond acceptors (Lipinski definition) is 6. The highest BCUT2D eigenvalue weighted by Gasteiger charge is 2.44. The van der Waals surface area contributed by atoms with Gasteiger partial charge in [0.25, 0.3) is 11.4 Å². The van der Waals surface area contributed by atoms with E-state index in [1.54, 1.807) is 0 Å². The van der Waals surface area contributed by atoms with E-state index in [1.165, 1.54) is 6.07 Å². The van der Waals surface area contributed by atoms with Crippen LogP contribution >= 0.6 is 0 Å². The quantitative estimate of drug-likeness (QED) is 0.643. The molecule has 112 valence electrons. The molecule has 0 aromatic heterocycles. The molecule has 1 heterocycles. The monoisotopic (exact) mass is 296 g/mol. The van der Waals surface area contributed by atoms with Crippen molar-refractivity contribution in [1.82, 2.24) is 0 Å². The van der Waals surface area contributed by atoms with Crippen LogP contribution < -0.4 is 0 Å². The van der Waals surface area contributed by atoms with Gasteiger partial charge >= 0.3 is 5.97 Å². The molecule has 2 rings (SSSR count). The van der Waals surface area contributed by atoms with Crippen LogP contribution in [0.1, 0.15) is 12.0 Å². The van der Waals surface area contributed by atoms with E-state index < -0.39 is 32.6 Å². The smallest absolute Gasteiger partial charge is 0.312 e. The van der Waals surface area contributed by atoms with Crippen molar-refractivity contribution in [2.24, 2.45) is 5.41 Å². The van der Waals surface area contributed by atoms with Crippen LogP contribution in [0.2, 0.25) is 0 Å². The van der Waals surface area contributed by atoms with Crippen LogP contribution in [0.25, 0.3) is 0 Å². The molecular weight excluding hydrogens is 284 g/mol. The maximum Gasteiger partial charge on any atom is 0.312 e. The van der Waals surface area contributed by atoms with Crippen molar-refractivity contribution < 1.29 is 24.5 Å². The van der Waals surface area contributed by atoms with Gasteiger partial charge < -0.3 is 9.84 Å². The van der Waals surface area contributed by atoms with Gasteiger partial charge in [0.2, 0.25) is 0 Å². The van der Waals surface area contributed by atoms with E-state index in [0.717, 1.165) is 12.1 Å². The summed E-state index contributed by atoms with van der Waals surface area (Å²) in [6.07, 6.45) is 0.146. The molecule has 1 aromatic rings. The summed E-state index contributed by atoms with van der Waals surface area (Å²) in [5.74, 6) is -1.09. The maximum atomic E-state index is 11.4. The third-order valence-electron chi connectivity index (χ3n) is 3.56. The van der Waals surface area contributed by atoms with Crippen LogP contribution in [0, 0.1) is 25.6 Å². The summed E-state index contributed by atoms with van der Waals surface area (Å²) in [5, 5.41) is 31.1. The number of aliphatic carboxylic acids is 1. The third kappa shape index (κ3) is 2.82. The Hall–Kier alpha value is -2.55. The van der Waals surface area contributed by atoms with Gasteiger partial charge in [-0.3, -0.25) is 25.0 Å². The third-order valence-corrected chi connectivity index (χ3v) is 3.56. The summed E-state index contributed by atoms with van der Waals surface area (Å²) in [6, 6.07) is 3.22. The van der Waals surface area contributed by atoms with Gasteiger partial charge in [-0.1, -0.05) is 0 Å². The molecule has 1 N–H and O–H groups in total. The molecule has 1 aromatic carbocycles. The second-order valence-electron chi connectivity index (χ2n) is 4.89. The lowest BCUT2D eigenvalue weighted by Gasteiger charge is -2.21. The summed E-state index contributed by atoms with van der Waals surface area (Å²) >= 11 is 0. The molecule has 1 aliphatic heterocycles. The van der Waals surface area contributed by atoms with E-state index in [1.807, 2.05) is 0 Å². The summed E-state index contributed by atoms with van der Waals surface area (Å²) < 4.78 is 5.10. The molecule has 1 fully saturated rings. The molecule has 0 saturated carbocycles. The Bertz CT molecular complexity index is 608. The second kappa shape index (κ2) is 5.44. The Morgan fingerprint density at radius 2 is 2.05 bits per heavy atom. The lowest BCUT2D eigenvalue weighted by Crippen LogP contribution is -2.34. The van der Waals surface area contributed by atoms with Crippen molar-refractivity contribution in [2.45, 2.75) is 12.8 Å². The number of non-ortho nitro benzene ring substituents is 1. The normalized spacial score (nSPS) is 21.1. The molecule has 0 aliphatic carbocycles. The van der Waals surface area contributed by atoms with E-state index in [2.05, 4.69) is 0 Å². The fourth-order valence-electron chi connectivity index (χ4n) is 2.34. The summed E-state index contributed by atoms with van der Waals surface area (Å²) in [4.78, 5) is 31.7. The first-order valence-electron chi connectivity index (χ1n) is 6.08. The Labute approximate surface area is 118 Å². The Balaban J connectivity index is 2.41. The lowest BCUT2D eigenvalue weighted by molar-refractivity contribution is -0.394.